The maximum atomic E-state index is 12.9. The van der Waals surface area contributed by atoms with E-state index < -0.39 is 0 Å². The number of nitrogens with zero attached hydrogens (tertiary/aromatic N) is 2. The Kier molecular flexibility index (Phi) is 5.07. The van der Waals surface area contributed by atoms with Gasteiger partial charge in [-0.05, 0) is 23.1 Å². The van der Waals surface area contributed by atoms with Crippen LogP contribution in [-0.4, -0.2) is 15.5 Å². The van der Waals surface area contributed by atoms with E-state index in [9.17, 15) is 9.59 Å². The molecule has 3 heterocycles. The Morgan fingerprint density at radius 2 is 2.04 bits per heavy atom. The summed E-state index contributed by atoms with van der Waals surface area (Å²) in [7, 11) is 0. The number of hydrogen-bond donors (Lipinski definition) is 1. The van der Waals surface area contributed by atoms with Crippen LogP contribution < -0.4 is 10.9 Å². The number of nitrogens with one attached hydrogen (secondary N) is 1. The summed E-state index contributed by atoms with van der Waals surface area (Å²) >= 11 is 9.10. The van der Waals surface area contributed by atoms with E-state index in [1.165, 1.54) is 22.2 Å². The van der Waals surface area contributed by atoms with Crippen molar-refractivity contribution in [2.75, 3.05) is 0 Å². The Hall–Kier alpha value is -2.48. The molecule has 0 saturated carbocycles. The van der Waals surface area contributed by atoms with E-state index >= 15 is 0 Å². The molecule has 0 spiro atoms. The Morgan fingerprint density at radius 3 is 2.81 bits per heavy atom. The van der Waals surface area contributed by atoms with Crippen LogP contribution in [0.2, 0.25) is 5.02 Å². The lowest BCUT2D eigenvalue weighted by atomic mass is 10.2. The number of benzene rings is 1. The molecule has 1 aromatic carbocycles. The third-order valence-electron chi connectivity index (χ3n) is 4.10. The molecule has 0 radical (unpaired) electrons. The van der Waals surface area contributed by atoms with Crippen LogP contribution in [0.3, 0.4) is 0 Å². The van der Waals surface area contributed by atoms with Gasteiger partial charge in [0.05, 0.1) is 11.7 Å². The van der Waals surface area contributed by atoms with Crippen LogP contribution in [-0.2, 0) is 17.9 Å². The molecule has 1 N–H and O–H groups in total. The minimum atomic E-state index is -0.272. The molecule has 0 aliphatic rings. The van der Waals surface area contributed by atoms with Gasteiger partial charge in [0.25, 0.3) is 5.56 Å². The van der Waals surface area contributed by atoms with E-state index in [-0.39, 0.29) is 18.0 Å². The van der Waals surface area contributed by atoms with Crippen molar-refractivity contribution in [2.24, 2.45) is 0 Å². The van der Waals surface area contributed by atoms with Crippen molar-refractivity contribution in [1.82, 2.24) is 14.9 Å². The van der Waals surface area contributed by atoms with Gasteiger partial charge in [0.1, 0.15) is 11.4 Å². The fourth-order valence-electron chi connectivity index (χ4n) is 2.74. The predicted octanol–water partition coefficient (Wildman–Crippen LogP) is 4.16. The topological polar surface area (TPSA) is 64.0 Å². The summed E-state index contributed by atoms with van der Waals surface area (Å²) in [6, 6.07) is 11.2. The van der Waals surface area contributed by atoms with Crippen molar-refractivity contribution in [3.63, 3.8) is 0 Å². The maximum Gasteiger partial charge on any atom is 0.263 e. The zero-order valence-electron chi connectivity index (χ0n) is 14.0. The number of aromatic nitrogens is 2. The first-order valence-corrected chi connectivity index (χ1v) is 10.3. The summed E-state index contributed by atoms with van der Waals surface area (Å²) in [5.74, 6) is -0.272. The van der Waals surface area contributed by atoms with E-state index in [4.69, 9.17) is 11.6 Å². The van der Waals surface area contributed by atoms with Crippen molar-refractivity contribution in [2.45, 2.75) is 13.1 Å². The monoisotopic (exact) mass is 415 g/mol. The number of fused-ring (bicyclic) bond motifs is 1. The summed E-state index contributed by atoms with van der Waals surface area (Å²) in [4.78, 5) is 31.2. The van der Waals surface area contributed by atoms with Gasteiger partial charge in [0.2, 0.25) is 5.91 Å². The average Bonchev–Trinajstić information content (AvgIpc) is 3.33. The van der Waals surface area contributed by atoms with Crippen LogP contribution in [0.1, 0.15) is 5.56 Å². The highest BCUT2D eigenvalue weighted by Gasteiger charge is 2.15. The minimum Gasteiger partial charge on any atom is -0.350 e. The third kappa shape index (κ3) is 3.66. The lowest BCUT2D eigenvalue weighted by Crippen LogP contribution is -2.32. The van der Waals surface area contributed by atoms with Gasteiger partial charge >= 0.3 is 0 Å². The Bertz CT molecular complexity index is 1170. The van der Waals surface area contributed by atoms with Crippen LogP contribution in [0.4, 0.5) is 0 Å². The molecule has 0 saturated heterocycles. The second-order valence-corrected chi connectivity index (χ2v) is 8.07. The van der Waals surface area contributed by atoms with Gasteiger partial charge in [-0.3, -0.25) is 14.2 Å². The molecule has 0 bridgehead atoms. The molecule has 5 nitrogen and oxygen atoms in total. The number of amides is 1. The number of rotatable bonds is 5. The van der Waals surface area contributed by atoms with Gasteiger partial charge in [-0.15, -0.1) is 22.7 Å². The normalized spacial score (nSPS) is 11.0. The van der Waals surface area contributed by atoms with E-state index in [2.05, 4.69) is 10.3 Å². The molecular formula is C19H14ClN3O2S2. The highest BCUT2D eigenvalue weighted by atomic mass is 35.5. The van der Waals surface area contributed by atoms with Crippen LogP contribution in [0.25, 0.3) is 20.7 Å². The summed E-state index contributed by atoms with van der Waals surface area (Å²) in [6.07, 6.45) is 1.43. The van der Waals surface area contributed by atoms with Gasteiger partial charge in [-0.25, -0.2) is 4.98 Å². The van der Waals surface area contributed by atoms with Gasteiger partial charge in [0.15, 0.2) is 0 Å². The fourth-order valence-corrected chi connectivity index (χ4v) is 4.66. The molecular weight excluding hydrogens is 402 g/mol. The van der Waals surface area contributed by atoms with Crippen LogP contribution >= 0.6 is 34.3 Å². The summed E-state index contributed by atoms with van der Waals surface area (Å²) in [5.41, 5.74) is 1.48. The molecule has 0 aliphatic carbocycles. The van der Waals surface area contributed by atoms with Crippen molar-refractivity contribution >= 4 is 50.4 Å². The zero-order valence-corrected chi connectivity index (χ0v) is 16.4. The molecule has 3 aromatic heterocycles. The van der Waals surface area contributed by atoms with Crippen molar-refractivity contribution in [3.05, 3.63) is 74.4 Å². The van der Waals surface area contributed by atoms with Crippen LogP contribution in [0, 0.1) is 0 Å². The molecule has 27 heavy (non-hydrogen) atoms. The Labute approximate surface area is 167 Å². The SMILES string of the molecule is O=C(Cn1cnc2scc(-c3cccs3)c2c1=O)NCc1ccccc1Cl. The third-order valence-corrected chi connectivity index (χ3v) is 6.25. The van der Waals surface area contributed by atoms with Crippen molar-refractivity contribution in [3.8, 4) is 10.4 Å². The first-order valence-electron chi connectivity index (χ1n) is 8.14. The number of carbonyl (C=O) groups is 1. The fraction of sp³-hybridized carbons (Fsp3) is 0.105. The van der Waals surface area contributed by atoms with Gasteiger partial charge in [-0.2, -0.15) is 0 Å². The number of halogens is 1. The van der Waals surface area contributed by atoms with Crippen LogP contribution in [0.15, 0.2) is 58.3 Å². The predicted molar refractivity (Wildman–Crippen MR) is 110 cm³/mol. The van der Waals surface area contributed by atoms with E-state index in [0.29, 0.717) is 21.8 Å². The maximum absolute atomic E-state index is 12.9. The highest BCUT2D eigenvalue weighted by Crippen LogP contribution is 2.33. The van der Waals surface area contributed by atoms with Gasteiger partial charge in [-0.1, -0.05) is 35.9 Å². The lowest BCUT2D eigenvalue weighted by Gasteiger charge is -2.08. The van der Waals surface area contributed by atoms with Crippen LogP contribution in [0.5, 0.6) is 0 Å². The molecule has 0 fully saturated rings. The van der Waals surface area contributed by atoms with E-state index in [1.54, 1.807) is 17.4 Å². The number of carbonyl (C=O) groups excluding carboxylic acids is 1. The van der Waals surface area contributed by atoms with E-state index in [0.717, 1.165) is 16.0 Å². The largest absolute Gasteiger partial charge is 0.350 e. The first-order chi connectivity index (χ1) is 13.1. The summed E-state index contributed by atoms with van der Waals surface area (Å²) in [6.45, 7) is 0.216. The highest BCUT2D eigenvalue weighted by molar-refractivity contribution is 7.18. The minimum absolute atomic E-state index is 0.0913. The molecule has 0 unspecified atom stereocenters. The Morgan fingerprint density at radius 1 is 1.19 bits per heavy atom. The molecule has 1 amide bonds. The number of hydrogen-bond acceptors (Lipinski definition) is 5. The van der Waals surface area contributed by atoms with Gasteiger partial charge in [0, 0.05) is 27.4 Å². The molecule has 136 valence electrons. The molecule has 4 aromatic rings. The quantitative estimate of drug-likeness (QED) is 0.532. The smallest absolute Gasteiger partial charge is 0.263 e. The first kappa shape index (κ1) is 17.9. The number of thiophene rings is 2. The second kappa shape index (κ2) is 7.64. The lowest BCUT2D eigenvalue weighted by molar-refractivity contribution is -0.121. The standard InChI is InChI=1S/C19H14ClN3O2S2/c20-14-5-2-1-4-12(14)8-21-16(24)9-23-11-22-18-17(19(23)25)13(10-27-18)15-6-3-7-26-15/h1-7,10-11H,8-9H2,(H,21,24). The van der Waals surface area contributed by atoms with Crippen molar-refractivity contribution < 1.29 is 4.79 Å². The van der Waals surface area contributed by atoms with Crippen molar-refractivity contribution in [1.29, 1.82) is 0 Å². The molecule has 8 heteroatoms. The molecule has 0 aliphatic heterocycles. The van der Waals surface area contributed by atoms with E-state index in [1.807, 2.05) is 41.1 Å². The summed E-state index contributed by atoms with van der Waals surface area (Å²) in [5, 5.41) is 7.85. The summed E-state index contributed by atoms with van der Waals surface area (Å²) < 4.78 is 1.34. The average molecular weight is 416 g/mol. The molecule has 4 rings (SSSR count). The van der Waals surface area contributed by atoms with Gasteiger partial charge < -0.3 is 5.32 Å². The second-order valence-electron chi connectivity index (χ2n) is 5.85. The Balaban J connectivity index is 1.56. The zero-order chi connectivity index (χ0) is 18.8. The molecule has 0 atom stereocenters.